The number of nitro groups is 1. The number of nitrogens with zero attached hydrogens (tertiary/aromatic N) is 3. The maximum atomic E-state index is 11.1. The van der Waals surface area contributed by atoms with E-state index in [1.54, 1.807) is 25.2 Å². The molecule has 1 N–H and O–H groups in total. The first-order valence-electron chi connectivity index (χ1n) is 6.60. The predicted octanol–water partition coefficient (Wildman–Crippen LogP) is 3.53. The fourth-order valence-electron chi connectivity index (χ4n) is 1.97. The minimum absolute atomic E-state index is 0.0922. The first-order chi connectivity index (χ1) is 10.2. The Bertz CT molecular complexity index is 649. The Morgan fingerprint density at radius 3 is 2.76 bits per heavy atom. The van der Waals surface area contributed by atoms with Gasteiger partial charge >= 0.3 is 0 Å². The Morgan fingerprint density at radius 2 is 2.10 bits per heavy atom. The number of hydrogen-bond donors (Lipinski definition) is 1. The maximum Gasteiger partial charge on any atom is 0.283 e. The molecule has 1 aromatic carbocycles. The molecular weight excluding hydrogens is 288 g/mol. The second-order valence-electron chi connectivity index (χ2n) is 4.33. The van der Waals surface area contributed by atoms with Gasteiger partial charge in [-0.3, -0.25) is 10.1 Å². The van der Waals surface area contributed by atoms with E-state index < -0.39 is 0 Å². The third kappa shape index (κ3) is 3.49. The Labute approximate surface area is 127 Å². The van der Waals surface area contributed by atoms with Crippen LogP contribution in [-0.2, 0) is 6.42 Å². The molecule has 0 aliphatic carbocycles. The van der Waals surface area contributed by atoms with Crippen LogP contribution < -0.4 is 5.32 Å². The van der Waals surface area contributed by atoms with Crippen LogP contribution in [0.1, 0.15) is 18.9 Å². The molecule has 0 unspecified atom stereocenters. The third-order valence-electron chi connectivity index (χ3n) is 2.91. The molecule has 2 aromatic rings. The van der Waals surface area contributed by atoms with Crippen molar-refractivity contribution in [3.63, 3.8) is 0 Å². The number of para-hydroxylation sites is 1. The van der Waals surface area contributed by atoms with Crippen LogP contribution in [0, 0.1) is 10.1 Å². The highest BCUT2D eigenvalue weighted by molar-refractivity contribution is 7.99. The van der Waals surface area contributed by atoms with E-state index in [1.807, 2.05) is 0 Å². The highest BCUT2D eigenvalue weighted by Crippen LogP contribution is 2.36. The van der Waals surface area contributed by atoms with Gasteiger partial charge in [0.2, 0.25) is 0 Å². The van der Waals surface area contributed by atoms with Crippen molar-refractivity contribution in [1.29, 1.82) is 0 Å². The standard InChI is InChI=1S/C14H16N4O2S/c1-3-6-10-13(15-2)16-9-17-14(10)21-12-8-5-4-7-11(12)18(19)20/h4-5,7-9H,3,6H2,1-2H3,(H,15,16,17). The van der Waals surface area contributed by atoms with E-state index in [-0.39, 0.29) is 10.6 Å². The first-order valence-corrected chi connectivity index (χ1v) is 7.42. The van der Waals surface area contributed by atoms with Crippen LogP contribution in [0.15, 0.2) is 40.5 Å². The smallest absolute Gasteiger partial charge is 0.283 e. The number of hydrogen-bond acceptors (Lipinski definition) is 6. The van der Waals surface area contributed by atoms with E-state index in [0.717, 1.165) is 29.2 Å². The van der Waals surface area contributed by atoms with Crippen molar-refractivity contribution in [3.8, 4) is 0 Å². The van der Waals surface area contributed by atoms with Crippen molar-refractivity contribution in [1.82, 2.24) is 9.97 Å². The van der Waals surface area contributed by atoms with Crippen LogP contribution in [0.3, 0.4) is 0 Å². The molecule has 0 fully saturated rings. The number of aromatic nitrogens is 2. The minimum atomic E-state index is -0.373. The predicted molar refractivity (Wildman–Crippen MR) is 82.8 cm³/mol. The van der Waals surface area contributed by atoms with Gasteiger partial charge in [0.25, 0.3) is 5.69 Å². The number of rotatable bonds is 6. The maximum absolute atomic E-state index is 11.1. The van der Waals surface area contributed by atoms with Crippen LogP contribution >= 0.6 is 11.8 Å². The Hall–Kier alpha value is -2.15. The van der Waals surface area contributed by atoms with Gasteiger partial charge in [0, 0.05) is 18.7 Å². The molecule has 0 saturated heterocycles. The van der Waals surface area contributed by atoms with Crippen LogP contribution in [0.2, 0.25) is 0 Å². The van der Waals surface area contributed by atoms with Crippen molar-refractivity contribution in [2.45, 2.75) is 29.7 Å². The van der Waals surface area contributed by atoms with Gasteiger partial charge in [-0.2, -0.15) is 0 Å². The van der Waals surface area contributed by atoms with Crippen LogP contribution in [0.5, 0.6) is 0 Å². The van der Waals surface area contributed by atoms with Gasteiger partial charge in [-0.1, -0.05) is 37.2 Å². The number of benzene rings is 1. The van der Waals surface area contributed by atoms with E-state index in [4.69, 9.17) is 0 Å². The highest BCUT2D eigenvalue weighted by Gasteiger charge is 2.17. The molecule has 110 valence electrons. The first kappa shape index (κ1) is 15.2. The fraction of sp³-hybridized carbons (Fsp3) is 0.286. The van der Waals surface area contributed by atoms with Crippen molar-refractivity contribution < 1.29 is 4.92 Å². The Kier molecular flexibility index (Phi) is 5.10. The summed E-state index contributed by atoms with van der Waals surface area (Å²) in [4.78, 5) is 19.8. The third-order valence-corrected chi connectivity index (χ3v) is 4.02. The highest BCUT2D eigenvalue weighted by atomic mass is 32.2. The normalized spacial score (nSPS) is 10.4. The van der Waals surface area contributed by atoms with Crippen LogP contribution in [0.25, 0.3) is 0 Å². The molecule has 0 aliphatic rings. The van der Waals surface area contributed by atoms with E-state index in [0.29, 0.717) is 4.90 Å². The van der Waals surface area contributed by atoms with Gasteiger partial charge < -0.3 is 5.32 Å². The summed E-state index contributed by atoms with van der Waals surface area (Å²) in [6.07, 6.45) is 3.24. The fourth-order valence-corrected chi connectivity index (χ4v) is 3.00. The summed E-state index contributed by atoms with van der Waals surface area (Å²) in [5.41, 5.74) is 1.08. The summed E-state index contributed by atoms with van der Waals surface area (Å²) < 4.78 is 0. The van der Waals surface area contributed by atoms with Gasteiger partial charge in [0.05, 0.1) is 9.82 Å². The molecule has 6 nitrogen and oxygen atoms in total. The lowest BCUT2D eigenvalue weighted by molar-refractivity contribution is -0.387. The second-order valence-corrected chi connectivity index (χ2v) is 5.36. The van der Waals surface area contributed by atoms with E-state index in [1.165, 1.54) is 24.2 Å². The van der Waals surface area contributed by atoms with Crippen LogP contribution in [-0.4, -0.2) is 21.9 Å². The topological polar surface area (TPSA) is 81.0 Å². The van der Waals surface area contributed by atoms with Gasteiger partial charge in [-0.15, -0.1) is 0 Å². The van der Waals surface area contributed by atoms with Crippen molar-refractivity contribution in [3.05, 3.63) is 46.3 Å². The summed E-state index contributed by atoms with van der Waals surface area (Å²) in [5, 5.41) is 14.9. The average Bonchev–Trinajstić information content (AvgIpc) is 2.49. The molecular formula is C14H16N4O2S. The molecule has 1 aromatic heterocycles. The summed E-state index contributed by atoms with van der Waals surface area (Å²) in [6.45, 7) is 2.08. The molecule has 1 heterocycles. The lowest BCUT2D eigenvalue weighted by atomic mass is 10.2. The van der Waals surface area contributed by atoms with Crippen molar-refractivity contribution in [2.24, 2.45) is 0 Å². The Morgan fingerprint density at radius 1 is 1.33 bits per heavy atom. The molecule has 0 saturated carbocycles. The zero-order chi connectivity index (χ0) is 15.2. The van der Waals surface area contributed by atoms with E-state index in [9.17, 15) is 10.1 Å². The van der Waals surface area contributed by atoms with Gasteiger partial charge in [-0.05, 0) is 12.5 Å². The lowest BCUT2D eigenvalue weighted by Crippen LogP contribution is -2.02. The van der Waals surface area contributed by atoms with Crippen molar-refractivity contribution in [2.75, 3.05) is 12.4 Å². The molecule has 0 bridgehead atoms. The molecule has 7 heteroatoms. The molecule has 0 radical (unpaired) electrons. The number of nitro benzene ring substituents is 1. The SMILES string of the molecule is CCCc1c(NC)ncnc1Sc1ccccc1[N+](=O)[O-]. The number of anilines is 1. The Balaban J connectivity index is 2.42. The quantitative estimate of drug-likeness (QED) is 0.499. The average molecular weight is 304 g/mol. The summed E-state index contributed by atoms with van der Waals surface area (Å²) in [7, 11) is 1.81. The molecule has 2 rings (SSSR count). The zero-order valence-electron chi connectivity index (χ0n) is 11.9. The minimum Gasteiger partial charge on any atom is -0.373 e. The largest absolute Gasteiger partial charge is 0.373 e. The molecule has 0 spiro atoms. The summed E-state index contributed by atoms with van der Waals surface area (Å²) in [5.74, 6) is 0.771. The lowest BCUT2D eigenvalue weighted by Gasteiger charge is -2.11. The summed E-state index contributed by atoms with van der Waals surface area (Å²) in [6, 6.07) is 6.69. The van der Waals surface area contributed by atoms with Gasteiger partial charge in [0.1, 0.15) is 17.2 Å². The van der Waals surface area contributed by atoms with E-state index >= 15 is 0 Å². The molecule has 21 heavy (non-hydrogen) atoms. The second kappa shape index (κ2) is 7.03. The summed E-state index contributed by atoms with van der Waals surface area (Å²) >= 11 is 1.31. The van der Waals surface area contributed by atoms with E-state index in [2.05, 4.69) is 22.2 Å². The monoisotopic (exact) mass is 304 g/mol. The van der Waals surface area contributed by atoms with Gasteiger partial charge in [0.15, 0.2) is 0 Å². The molecule has 0 amide bonds. The zero-order valence-corrected chi connectivity index (χ0v) is 12.7. The van der Waals surface area contributed by atoms with Crippen LogP contribution in [0.4, 0.5) is 11.5 Å². The molecule has 0 aliphatic heterocycles. The number of nitrogens with one attached hydrogen (secondary N) is 1. The molecule has 0 atom stereocenters. The van der Waals surface area contributed by atoms with Crippen molar-refractivity contribution >= 4 is 23.3 Å². The van der Waals surface area contributed by atoms with Gasteiger partial charge in [-0.25, -0.2) is 9.97 Å².